The van der Waals surface area contributed by atoms with E-state index in [4.69, 9.17) is 9.88 Å². The van der Waals surface area contributed by atoms with Crippen molar-refractivity contribution in [2.24, 2.45) is 5.14 Å². The maximum absolute atomic E-state index is 11.2. The Morgan fingerprint density at radius 3 is 2.28 bits per heavy atom. The van der Waals surface area contributed by atoms with E-state index in [1.165, 1.54) is 24.3 Å². The standard InChI is InChI=1S/C10H13NO5S2/c11-18(14,15)10-3-1-8(2-4-10)16-9-5-6-17(12,13)7-9/h1-4,9H,5-7H2,(H2,11,14,15). The minimum Gasteiger partial charge on any atom is -0.489 e. The molecule has 0 aromatic heterocycles. The van der Waals surface area contributed by atoms with E-state index in [-0.39, 0.29) is 22.5 Å². The first kappa shape index (κ1) is 13.3. The third kappa shape index (κ3) is 3.21. The molecule has 2 rings (SSSR count). The molecule has 0 bridgehead atoms. The lowest BCUT2D eigenvalue weighted by molar-refractivity contribution is 0.229. The minimum atomic E-state index is -3.72. The lowest BCUT2D eigenvalue weighted by Gasteiger charge is -2.11. The normalized spacial score (nSPS) is 22.8. The summed E-state index contributed by atoms with van der Waals surface area (Å²) in [5.74, 6) is 0.571. The van der Waals surface area contributed by atoms with Crippen LogP contribution in [0.4, 0.5) is 0 Å². The largest absolute Gasteiger partial charge is 0.489 e. The molecule has 1 unspecified atom stereocenters. The Kier molecular flexibility index (Phi) is 3.35. The van der Waals surface area contributed by atoms with Crippen LogP contribution in [0.25, 0.3) is 0 Å². The zero-order chi connectivity index (χ0) is 13.4. The summed E-state index contributed by atoms with van der Waals surface area (Å²) in [5, 5.41) is 4.96. The van der Waals surface area contributed by atoms with Crippen LogP contribution in [0.5, 0.6) is 5.75 Å². The smallest absolute Gasteiger partial charge is 0.238 e. The van der Waals surface area contributed by atoms with Crippen molar-refractivity contribution in [1.82, 2.24) is 0 Å². The van der Waals surface area contributed by atoms with Gasteiger partial charge in [0.1, 0.15) is 11.9 Å². The molecule has 1 heterocycles. The van der Waals surface area contributed by atoms with E-state index < -0.39 is 19.9 Å². The van der Waals surface area contributed by atoms with Gasteiger partial charge in [0, 0.05) is 0 Å². The summed E-state index contributed by atoms with van der Waals surface area (Å²) in [4.78, 5) is -0.00565. The molecule has 18 heavy (non-hydrogen) atoms. The highest BCUT2D eigenvalue weighted by Gasteiger charge is 2.29. The summed E-state index contributed by atoms with van der Waals surface area (Å²) in [5.41, 5.74) is 0. The summed E-state index contributed by atoms with van der Waals surface area (Å²) in [6.07, 6.45) is 0.0922. The average molecular weight is 291 g/mol. The van der Waals surface area contributed by atoms with Crippen molar-refractivity contribution in [3.63, 3.8) is 0 Å². The van der Waals surface area contributed by atoms with Gasteiger partial charge in [-0.2, -0.15) is 0 Å². The lowest BCUT2D eigenvalue weighted by atomic mass is 10.3. The first-order chi connectivity index (χ1) is 8.26. The number of hydrogen-bond donors (Lipinski definition) is 1. The molecule has 0 saturated carbocycles. The third-order valence-electron chi connectivity index (χ3n) is 2.65. The van der Waals surface area contributed by atoms with Crippen LogP contribution >= 0.6 is 0 Å². The van der Waals surface area contributed by atoms with E-state index in [9.17, 15) is 16.8 Å². The lowest BCUT2D eigenvalue weighted by Crippen LogP contribution is -2.18. The zero-order valence-electron chi connectivity index (χ0n) is 9.44. The van der Waals surface area contributed by atoms with Crippen molar-refractivity contribution in [1.29, 1.82) is 0 Å². The number of sulfone groups is 1. The topological polar surface area (TPSA) is 104 Å². The fourth-order valence-corrected chi connectivity index (χ4v) is 3.86. The maximum atomic E-state index is 11.2. The van der Waals surface area contributed by atoms with Gasteiger partial charge in [-0.25, -0.2) is 22.0 Å². The minimum absolute atomic E-state index is 0.00391. The van der Waals surface area contributed by atoms with Gasteiger partial charge in [-0.3, -0.25) is 0 Å². The van der Waals surface area contributed by atoms with Gasteiger partial charge in [-0.05, 0) is 30.7 Å². The Hall–Kier alpha value is -1.12. The average Bonchev–Trinajstić information content (AvgIpc) is 2.57. The van der Waals surface area contributed by atoms with E-state index in [0.717, 1.165) is 0 Å². The van der Waals surface area contributed by atoms with Crippen LogP contribution in [0.15, 0.2) is 29.2 Å². The summed E-state index contributed by atoms with van der Waals surface area (Å²) < 4.78 is 50.0. The second kappa shape index (κ2) is 4.52. The van der Waals surface area contributed by atoms with E-state index in [1.54, 1.807) is 0 Å². The summed E-state index contributed by atoms with van der Waals surface area (Å²) >= 11 is 0. The molecule has 6 nitrogen and oxygen atoms in total. The van der Waals surface area contributed by atoms with Gasteiger partial charge in [0.05, 0.1) is 16.4 Å². The van der Waals surface area contributed by atoms with Crippen LogP contribution in [0.3, 0.4) is 0 Å². The van der Waals surface area contributed by atoms with Crippen molar-refractivity contribution in [2.45, 2.75) is 17.4 Å². The van der Waals surface area contributed by atoms with Gasteiger partial charge in [0.15, 0.2) is 9.84 Å². The van der Waals surface area contributed by atoms with Crippen molar-refractivity contribution >= 4 is 19.9 Å². The first-order valence-electron chi connectivity index (χ1n) is 5.26. The fraction of sp³-hybridized carbons (Fsp3) is 0.400. The van der Waals surface area contributed by atoms with Gasteiger partial charge < -0.3 is 4.74 Å². The summed E-state index contributed by atoms with van der Waals surface area (Å²) in [6.45, 7) is 0. The third-order valence-corrected chi connectivity index (χ3v) is 5.31. The van der Waals surface area contributed by atoms with E-state index >= 15 is 0 Å². The highest BCUT2D eigenvalue weighted by molar-refractivity contribution is 7.91. The molecule has 100 valence electrons. The second-order valence-corrected chi connectivity index (χ2v) is 7.95. The fourth-order valence-electron chi connectivity index (χ4n) is 1.75. The van der Waals surface area contributed by atoms with Crippen LogP contribution < -0.4 is 9.88 Å². The highest BCUT2D eigenvalue weighted by atomic mass is 32.2. The van der Waals surface area contributed by atoms with Crippen molar-refractivity contribution in [2.75, 3.05) is 11.5 Å². The van der Waals surface area contributed by atoms with Gasteiger partial charge in [0.25, 0.3) is 0 Å². The number of sulfonamides is 1. The number of primary sulfonamides is 1. The van der Waals surface area contributed by atoms with Crippen LogP contribution in [0, 0.1) is 0 Å². The molecule has 1 atom stereocenters. The van der Waals surface area contributed by atoms with Gasteiger partial charge >= 0.3 is 0 Å². The predicted molar refractivity (Wildman–Crippen MR) is 65.5 cm³/mol. The molecular formula is C10H13NO5S2. The molecular weight excluding hydrogens is 278 g/mol. The first-order valence-corrected chi connectivity index (χ1v) is 8.63. The molecule has 1 fully saturated rings. The Morgan fingerprint density at radius 1 is 1.22 bits per heavy atom. The Balaban J connectivity index is 2.08. The number of hydrogen-bond acceptors (Lipinski definition) is 5. The molecule has 1 aromatic carbocycles. The highest BCUT2D eigenvalue weighted by Crippen LogP contribution is 2.21. The molecule has 1 aromatic rings. The van der Waals surface area contributed by atoms with E-state index in [1.807, 2.05) is 0 Å². The van der Waals surface area contributed by atoms with Crippen molar-refractivity contribution in [3.8, 4) is 5.75 Å². The monoisotopic (exact) mass is 291 g/mol. The van der Waals surface area contributed by atoms with Crippen molar-refractivity contribution in [3.05, 3.63) is 24.3 Å². The van der Waals surface area contributed by atoms with Crippen LogP contribution in [-0.2, 0) is 19.9 Å². The van der Waals surface area contributed by atoms with Gasteiger partial charge in [-0.15, -0.1) is 0 Å². The van der Waals surface area contributed by atoms with E-state index in [0.29, 0.717) is 12.2 Å². The molecule has 1 aliphatic rings. The number of nitrogens with two attached hydrogens (primary N) is 1. The molecule has 0 spiro atoms. The molecule has 1 aliphatic heterocycles. The summed E-state index contributed by atoms with van der Waals surface area (Å²) in [7, 11) is -6.70. The van der Waals surface area contributed by atoms with E-state index in [2.05, 4.69) is 0 Å². The maximum Gasteiger partial charge on any atom is 0.238 e. The molecule has 0 amide bonds. The van der Waals surface area contributed by atoms with Crippen molar-refractivity contribution < 1.29 is 21.6 Å². The SMILES string of the molecule is NS(=O)(=O)c1ccc(OC2CCS(=O)(=O)C2)cc1. The van der Waals surface area contributed by atoms with Gasteiger partial charge in [0.2, 0.25) is 10.0 Å². The predicted octanol–water partition coefficient (Wildman–Crippen LogP) is -0.100. The van der Waals surface area contributed by atoms with Gasteiger partial charge in [-0.1, -0.05) is 0 Å². The Bertz CT molecular complexity index is 633. The Labute approximate surface area is 106 Å². The number of ether oxygens (including phenoxy) is 1. The molecule has 8 heteroatoms. The molecule has 2 N–H and O–H groups in total. The number of rotatable bonds is 3. The summed E-state index contributed by atoms with van der Waals surface area (Å²) in [6, 6.07) is 5.58. The van der Waals surface area contributed by atoms with Crippen LogP contribution in [-0.4, -0.2) is 34.4 Å². The molecule has 0 radical (unpaired) electrons. The zero-order valence-corrected chi connectivity index (χ0v) is 11.1. The second-order valence-electron chi connectivity index (χ2n) is 4.16. The Morgan fingerprint density at radius 2 is 1.83 bits per heavy atom. The van der Waals surface area contributed by atoms with Crippen LogP contribution in [0.1, 0.15) is 6.42 Å². The molecule has 0 aliphatic carbocycles. The molecule has 1 saturated heterocycles. The van der Waals surface area contributed by atoms with Crippen LogP contribution in [0.2, 0.25) is 0 Å². The quantitative estimate of drug-likeness (QED) is 0.837. The number of benzene rings is 1.